The van der Waals surface area contributed by atoms with E-state index in [1.54, 1.807) is 36.4 Å². The zero-order valence-corrected chi connectivity index (χ0v) is 17.4. The predicted octanol–water partition coefficient (Wildman–Crippen LogP) is 4.68. The van der Waals surface area contributed by atoms with Gasteiger partial charge in [0.1, 0.15) is 0 Å². The number of carboxylic acids is 1. The standard InChI is InChI=1S/C22H19ClN2O4S/c23-18-4-7-21-17(13-18)14-19(5-8-22(26)27)25(21)30(28,29)11-1-2-15-3-6-20-16(12-15)9-10-24-20/h1-4,6-7,9-10,12-14,24H,5,8,11H2,(H,26,27). The van der Waals surface area contributed by atoms with E-state index in [-0.39, 0.29) is 18.6 Å². The molecule has 0 saturated carbocycles. The maximum Gasteiger partial charge on any atom is 0.303 e. The molecule has 154 valence electrons. The number of aromatic amines is 1. The van der Waals surface area contributed by atoms with E-state index in [1.165, 1.54) is 3.97 Å². The molecule has 0 amide bonds. The summed E-state index contributed by atoms with van der Waals surface area (Å²) in [6.07, 6.45) is 5.17. The molecular weight excluding hydrogens is 424 g/mol. The Hall–Kier alpha value is -3.03. The van der Waals surface area contributed by atoms with Crippen LogP contribution >= 0.6 is 11.6 Å². The average molecular weight is 443 g/mol. The van der Waals surface area contributed by atoms with Crippen molar-refractivity contribution in [1.82, 2.24) is 8.96 Å². The van der Waals surface area contributed by atoms with E-state index in [0.29, 0.717) is 21.6 Å². The number of rotatable bonds is 7. The lowest BCUT2D eigenvalue weighted by Gasteiger charge is -2.10. The highest BCUT2D eigenvalue weighted by Crippen LogP contribution is 2.26. The second kappa shape index (κ2) is 8.01. The molecule has 8 heteroatoms. The fourth-order valence-corrected chi connectivity index (χ4v) is 5.15. The van der Waals surface area contributed by atoms with Gasteiger partial charge in [0.15, 0.2) is 0 Å². The molecule has 0 unspecified atom stereocenters. The van der Waals surface area contributed by atoms with Crippen molar-refractivity contribution in [3.63, 3.8) is 0 Å². The number of aromatic nitrogens is 2. The Bertz CT molecular complexity index is 1380. The van der Waals surface area contributed by atoms with Gasteiger partial charge in [0.25, 0.3) is 0 Å². The molecule has 0 aliphatic rings. The van der Waals surface area contributed by atoms with Crippen molar-refractivity contribution in [2.24, 2.45) is 0 Å². The molecule has 0 bridgehead atoms. The summed E-state index contributed by atoms with van der Waals surface area (Å²) in [6, 6.07) is 14.4. The van der Waals surface area contributed by atoms with Crippen LogP contribution in [0.15, 0.2) is 60.8 Å². The highest BCUT2D eigenvalue weighted by atomic mass is 35.5. The highest BCUT2D eigenvalue weighted by molar-refractivity contribution is 7.90. The molecule has 4 aromatic rings. The van der Waals surface area contributed by atoms with Gasteiger partial charge in [-0.25, -0.2) is 12.4 Å². The van der Waals surface area contributed by atoms with E-state index in [4.69, 9.17) is 16.7 Å². The molecule has 0 saturated heterocycles. The summed E-state index contributed by atoms with van der Waals surface area (Å²) in [6.45, 7) is 0. The minimum atomic E-state index is -3.75. The van der Waals surface area contributed by atoms with Crippen LogP contribution in [-0.2, 0) is 21.2 Å². The van der Waals surface area contributed by atoms with Crippen molar-refractivity contribution in [3.8, 4) is 0 Å². The second-order valence-electron chi connectivity index (χ2n) is 7.00. The van der Waals surface area contributed by atoms with Crippen LogP contribution in [0.1, 0.15) is 17.7 Å². The van der Waals surface area contributed by atoms with Gasteiger partial charge in [-0.2, -0.15) is 0 Å². The summed E-state index contributed by atoms with van der Waals surface area (Å²) in [5, 5.41) is 11.2. The number of hydrogen-bond donors (Lipinski definition) is 2. The maximum absolute atomic E-state index is 13.1. The zero-order chi connectivity index (χ0) is 21.3. The normalized spacial score (nSPS) is 12.3. The molecular formula is C22H19ClN2O4S. The summed E-state index contributed by atoms with van der Waals surface area (Å²) >= 11 is 6.04. The number of nitrogens with one attached hydrogen (secondary N) is 1. The van der Waals surface area contributed by atoms with Gasteiger partial charge in [-0.05, 0) is 59.8 Å². The minimum absolute atomic E-state index is 0.106. The fraction of sp³-hybridized carbons (Fsp3) is 0.136. The fourth-order valence-electron chi connectivity index (χ4n) is 3.51. The van der Waals surface area contributed by atoms with E-state index < -0.39 is 16.0 Å². The van der Waals surface area contributed by atoms with E-state index >= 15 is 0 Å². The van der Waals surface area contributed by atoms with E-state index in [1.807, 2.05) is 30.5 Å². The molecule has 0 radical (unpaired) electrons. The molecule has 0 fully saturated rings. The number of benzene rings is 2. The van der Waals surface area contributed by atoms with Crippen LogP contribution in [0.25, 0.3) is 27.9 Å². The molecule has 0 aliphatic carbocycles. The number of aryl methyl sites for hydroxylation is 1. The topological polar surface area (TPSA) is 92.2 Å². The summed E-state index contributed by atoms with van der Waals surface area (Å²) in [7, 11) is -3.75. The molecule has 2 heterocycles. The Labute approximate surface area is 178 Å². The lowest BCUT2D eigenvalue weighted by Crippen LogP contribution is -2.18. The first-order valence-corrected chi connectivity index (χ1v) is 11.3. The highest BCUT2D eigenvalue weighted by Gasteiger charge is 2.20. The average Bonchev–Trinajstić information content (AvgIpc) is 3.29. The van der Waals surface area contributed by atoms with Gasteiger partial charge >= 0.3 is 5.97 Å². The molecule has 0 atom stereocenters. The minimum Gasteiger partial charge on any atom is -0.481 e. The smallest absolute Gasteiger partial charge is 0.303 e. The van der Waals surface area contributed by atoms with Crippen LogP contribution in [0, 0.1) is 0 Å². The molecule has 2 aromatic heterocycles. The van der Waals surface area contributed by atoms with Crippen molar-refractivity contribution >= 4 is 55.5 Å². The quantitative estimate of drug-likeness (QED) is 0.434. The van der Waals surface area contributed by atoms with Crippen LogP contribution in [0.4, 0.5) is 0 Å². The monoisotopic (exact) mass is 442 g/mol. The Balaban J connectivity index is 1.66. The number of aliphatic carboxylic acids is 1. The van der Waals surface area contributed by atoms with Crippen LogP contribution in [0.5, 0.6) is 0 Å². The summed E-state index contributed by atoms with van der Waals surface area (Å²) in [4.78, 5) is 14.1. The van der Waals surface area contributed by atoms with Gasteiger partial charge in [-0.3, -0.25) is 4.79 Å². The van der Waals surface area contributed by atoms with Crippen molar-refractivity contribution < 1.29 is 18.3 Å². The summed E-state index contributed by atoms with van der Waals surface area (Å²) < 4.78 is 27.5. The molecule has 6 nitrogen and oxygen atoms in total. The van der Waals surface area contributed by atoms with Gasteiger partial charge in [0, 0.05) is 27.8 Å². The number of halogens is 1. The zero-order valence-electron chi connectivity index (χ0n) is 15.9. The number of H-pyrrole nitrogens is 1. The Morgan fingerprint density at radius 1 is 1.10 bits per heavy atom. The number of fused-ring (bicyclic) bond motifs is 2. The number of nitrogens with zero attached hydrogens (tertiary/aromatic N) is 1. The van der Waals surface area contributed by atoms with Crippen LogP contribution < -0.4 is 0 Å². The second-order valence-corrected chi connectivity index (χ2v) is 9.30. The molecule has 30 heavy (non-hydrogen) atoms. The van der Waals surface area contributed by atoms with Gasteiger partial charge in [-0.1, -0.05) is 29.8 Å². The lowest BCUT2D eigenvalue weighted by atomic mass is 10.1. The SMILES string of the molecule is O=C(O)CCc1cc2cc(Cl)ccc2n1S(=O)(=O)CC=Cc1ccc2[nH]ccc2c1. The van der Waals surface area contributed by atoms with Gasteiger partial charge < -0.3 is 10.1 Å². The lowest BCUT2D eigenvalue weighted by molar-refractivity contribution is -0.136. The Morgan fingerprint density at radius 2 is 1.93 bits per heavy atom. The van der Waals surface area contributed by atoms with Crippen molar-refractivity contribution in [2.45, 2.75) is 12.8 Å². The molecule has 0 spiro atoms. The number of hydrogen-bond acceptors (Lipinski definition) is 3. The first-order valence-electron chi connectivity index (χ1n) is 9.32. The first kappa shape index (κ1) is 20.3. The van der Waals surface area contributed by atoms with E-state index in [0.717, 1.165) is 16.5 Å². The number of carbonyl (C=O) groups is 1. The molecule has 4 rings (SSSR count). The van der Waals surface area contributed by atoms with Crippen LogP contribution in [0.3, 0.4) is 0 Å². The molecule has 2 aromatic carbocycles. The third-order valence-electron chi connectivity index (χ3n) is 4.86. The molecule has 0 aliphatic heterocycles. The van der Waals surface area contributed by atoms with Gasteiger partial charge in [-0.15, -0.1) is 0 Å². The van der Waals surface area contributed by atoms with Crippen LogP contribution in [0.2, 0.25) is 5.02 Å². The van der Waals surface area contributed by atoms with Crippen molar-refractivity contribution in [3.05, 3.63) is 77.1 Å². The first-order chi connectivity index (χ1) is 14.3. The maximum atomic E-state index is 13.1. The van der Waals surface area contributed by atoms with E-state index in [9.17, 15) is 13.2 Å². The van der Waals surface area contributed by atoms with Crippen molar-refractivity contribution in [2.75, 3.05) is 5.75 Å². The van der Waals surface area contributed by atoms with E-state index in [2.05, 4.69) is 4.98 Å². The number of carboxylic acid groups (broad SMARTS) is 1. The third-order valence-corrected chi connectivity index (χ3v) is 6.70. The third kappa shape index (κ3) is 4.13. The van der Waals surface area contributed by atoms with Crippen molar-refractivity contribution in [1.29, 1.82) is 0 Å². The molecule has 2 N–H and O–H groups in total. The summed E-state index contributed by atoms with van der Waals surface area (Å²) in [5.41, 5.74) is 2.83. The Kier molecular flexibility index (Phi) is 5.40. The predicted molar refractivity (Wildman–Crippen MR) is 119 cm³/mol. The van der Waals surface area contributed by atoms with Gasteiger partial charge in [0.2, 0.25) is 10.0 Å². The Morgan fingerprint density at radius 3 is 2.73 bits per heavy atom. The largest absolute Gasteiger partial charge is 0.481 e. The van der Waals surface area contributed by atoms with Crippen LogP contribution in [-0.4, -0.2) is 34.2 Å². The summed E-state index contributed by atoms with van der Waals surface area (Å²) in [5.74, 6) is -1.20. The van der Waals surface area contributed by atoms with Gasteiger partial charge in [0.05, 0.1) is 17.7 Å².